The lowest BCUT2D eigenvalue weighted by molar-refractivity contribution is -0.147. The second-order valence-electron chi connectivity index (χ2n) is 5.17. The van der Waals surface area contributed by atoms with E-state index >= 15 is 0 Å². The second kappa shape index (κ2) is 6.45. The molecule has 1 aromatic carbocycles. The van der Waals surface area contributed by atoms with Crippen molar-refractivity contribution in [1.29, 1.82) is 0 Å². The third-order valence-corrected chi connectivity index (χ3v) is 3.47. The number of rotatable bonds is 4. The highest BCUT2D eigenvalue weighted by Gasteiger charge is 2.32. The predicted octanol–water partition coefficient (Wildman–Crippen LogP) is 2.62. The average Bonchev–Trinajstić information content (AvgIpc) is 2.40. The number of hydrogen-bond acceptors (Lipinski definition) is 3. The van der Waals surface area contributed by atoms with E-state index < -0.39 is 12.7 Å². The molecule has 6 heteroatoms. The van der Waals surface area contributed by atoms with E-state index in [-0.39, 0.29) is 12.6 Å². The molecular formula is C14H19F3N2O. The van der Waals surface area contributed by atoms with Gasteiger partial charge in [-0.05, 0) is 30.5 Å². The standard InChI is InChI=1S/C14H19F3N2O/c15-14(16,17)10-19-6-4-12(5-7-19)18-13-3-1-2-11(8-13)9-20/h1-3,8,12,18,20H,4-7,9-10H2. The van der Waals surface area contributed by atoms with Crippen LogP contribution in [0.1, 0.15) is 18.4 Å². The van der Waals surface area contributed by atoms with Crippen LogP contribution < -0.4 is 5.32 Å². The van der Waals surface area contributed by atoms with Gasteiger partial charge in [0.15, 0.2) is 0 Å². The Bertz CT molecular complexity index is 429. The topological polar surface area (TPSA) is 35.5 Å². The largest absolute Gasteiger partial charge is 0.401 e. The molecule has 0 bridgehead atoms. The number of halogens is 3. The molecule has 0 unspecified atom stereocenters. The number of nitrogens with one attached hydrogen (secondary N) is 1. The zero-order valence-corrected chi connectivity index (χ0v) is 11.2. The molecule has 0 aromatic heterocycles. The van der Waals surface area contributed by atoms with Gasteiger partial charge in [0.1, 0.15) is 0 Å². The molecule has 0 aliphatic carbocycles. The summed E-state index contributed by atoms with van der Waals surface area (Å²) >= 11 is 0. The van der Waals surface area contributed by atoms with Crippen molar-refractivity contribution < 1.29 is 18.3 Å². The van der Waals surface area contributed by atoms with Crippen LogP contribution in [0.4, 0.5) is 18.9 Å². The van der Waals surface area contributed by atoms with Gasteiger partial charge >= 0.3 is 6.18 Å². The van der Waals surface area contributed by atoms with Gasteiger partial charge in [0.05, 0.1) is 13.2 Å². The molecule has 2 rings (SSSR count). The number of anilines is 1. The van der Waals surface area contributed by atoms with Gasteiger partial charge in [-0.2, -0.15) is 13.2 Å². The number of alkyl halides is 3. The Labute approximate surface area is 116 Å². The van der Waals surface area contributed by atoms with Crippen LogP contribution in [0.2, 0.25) is 0 Å². The fourth-order valence-electron chi connectivity index (χ4n) is 2.48. The molecular weight excluding hydrogens is 269 g/mol. The van der Waals surface area contributed by atoms with Crippen molar-refractivity contribution in [2.75, 3.05) is 25.0 Å². The summed E-state index contributed by atoms with van der Waals surface area (Å²) in [7, 11) is 0. The van der Waals surface area contributed by atoms with E-state index in [0.717, 1.165) is 11.3 Å². The van der Waals surface area contributed by atoms with Crippen LogP contribution in [0.25, 0.3) is 0 Å². The van der Waals surface area contributed by atoms with Gasteiger partial charge in [-0.15, -0.1) is 0 Å². The lowest BCUT2D eigenvalue weighted by Crippen LogP contribution is -2.43. The van der Waals surface area contributed by atoms with E-state index in [9.17, 15) is 13.2 Å². The molecule has 2 N–H and O–H groups in total. The minimum Gasteiger partial charge on any atom is -0.392 e. The first-order valence-corrected chi connectivity index (χ1v) is 6.72. The molecule has 1 fully saturated rings. The Morgan fingerprint density at radius 3 is 2.55 bits per heavy atom. The molecule has 20 heavy (non-hydrogen) atoms. The second-order valence-corrected chi connectivity index (χ2v) is 5.17. The van der Waals surface area contributed by atoms with E-state index in [2.05, 4.69) is 5.32 Å². The fraction of sp³-hybridized carbons (Fsp3) is 0.571. The number of aliphatic hydroxyl groups is 1. The molecule has 1 aliphatic rings. The molecule has 3 nitrogen and oxygen atoms in total. The highest BCUT2D eigenvalue weighted by molar-refractivity contribution is 5.46. The quantitative estimate of drug-likeness (QED) is 0.894. The fourth-order valence-corrected chi connectivity index (χ4v) is 2.48. The van der Waals surface area contributed by atoms with Gasteiger partial charge in [-0.25, -0.2) is 0 Å². The molecule has 112 valence electrons. The molecule has 1 heterocycles. The van der Waals surface area contributed by atoms with Crippen LogP contribution in [0.3, 0.4) is 0 Å². The first-order chi connectivity index (χ1) is 9.46. The van der Waals surface area contributed by atoms with Gasteiger partial charge in [0.2, 0.25) is 0 Å². The number of nitrogens with zero attached hydrogens (tertiary/aromatic N) is 1. The zero-order valence-electron chi connectivity index (χ0n) is 11.2. The lowest BCUT2D eigenvalue weighted by atomic mass is 10.0. The van der Waals surface area contributed by atoms with Crippen LogP contribution in [0, 0.1) is 0 Å². The Kier molecular flexibility index (Phi) is 4.88. The maximum absolute atomic E-state index is 12.3. The molecule has 1 saturated heterocycles. The molecule has 1 aliphatic heterocycles. The Balaban J connectivity index is 1.82. The van der Waals surface area contributed by atoms with Crippen molar-refractivity contribution >= 4 is 5.69 Å². The van der Waals surface area contributed by atoms with Crippen LogP contribution in [0.15, 0.2) is 24.3 Å². The lowest BCUT2D eigenvalue weighted by Gasteiger charge is -2.33. The number of likely N-dealkylation sites (tertiary alicyclic amines) is 1. The van der Waals surface area contributed by atoms with Crippen molar-refractivity contribution in [2.45, 2.75) is 31.7 Å². The third kappa shape index (κ3) is 4.68. The van der Waals surface area contributed by atoms with Crippen LogP contribution in [-0.4, -0.2) is 41.9 Å². The van der Waals surface area contributed by atoms with Crippen LogP contribution >= 0.6 is 0 Å². The molecule has 0 atom stereocenters. The summed E-state index contributed by atoms with van der Waals surface area (Å²) in [6.45, 7) is 0.0764. The summed E-state index contributed by atoms with van der Waals surface area (Å²) in [5, 5.41) is 12.4. The first-order valence-electron chi connectivity index (χ1n) is 6.72. The van der Waals surface area contributed by atoms with E-state index in [1.54, 1.807) is 0 Å². The van der Waals surface area contributed by atoms with Crippen molar-refractivity contribution in [3.05, 3.63) is 29.8 Å². The van der Waals surface area contributed by atoms with E-state index in [1.165, 1.54) is 4.90 Å². The Morgan fingerprint density at radius 2 is 1.95 bits per heavy atom. The predicted molar refractivity (Wildman–Crippen MR) is 71.5 cm³/mol. The normalized spacial score (nSPS) is 18.2. The van der Waals surface area contributed by atoms with E-state index in [4.69, 9.17) is 5.11 Å². The Morgan fingerprint density at radius 1 is 1.25 bits per heavy atom. The summed E-state index contributed by atoms with van der Waals surface area (Å²) < 4.78 is 36.9. The highest BCUT2D eigenvalue weighted by atomic mass is 19.4. The summed E-state index contributed by atoms with van der Waals surface area (Å²) in [6, 6.07) is 7.64. The SMILES string of the molecule is OCc1cccc(NC2CCN(CC(F)(F)F)CC2)c1. The summed E-state index contributed by atoms with van der Waals surface area (Å²) in [4.78, 5) is 1.45. The van der Waals surface area contributed by atoms with E-state index in [1.807, 2.05) is 24.3 Å². The van der Waals surface area contributed by atoms with Crippen molar-refractivity contribution in [3.63, 3.8) is 0 Å². The minimum absolute atomic E-state index is 0.0143. The van der Waals surface area contributed by atoms with E-state index in [0.29, 0.717) is 25.9 Å². The van der Waals surface area contributed by atoms with Crippen LogP contribution in [-0.2, 0) is 6.61 Å². The van der Waals surface area contributed by atoms with Gasteiger partial charge in [-0.3, -0.25) is 4.90 Å². The maximum atomic E-state index is 12.3. The highest BCUT2D eigenvalue weighted by Crippen LogP contribution is 2.22. The number of hydrogen-bond donors (Lipinski definition) is 2. The summed E-state index contributed by atoms with van der Waals surface area (Å²) in [6.07, 6.45) is -2.73. The molecule has 0 radical (unpaired) electrons. The van der Waals surface area contributed by atoms with Gasteiger partial charge in [0, 0.05) is 24.8 Å². The monoisotopic (exact) mass is 288 g/mol. The molecule has 0 spiro atoms. The smallest absolute Gasteiger partial charge is 0.392 e. The zero-order chi connectivity index (χ0) is 14.6. The average molecular weight is 288 g/mol. The number of aliphatic hydroxyl groups excluding tert-OH is 1. The van der Waals surface area contributed by atoms with Crippen molar-refractivity contribution in [1.82, 2.24) is 4.90 Å². The summed E-state index contributed by atoms with van der Waals surface area (Å²) in [5.41, 5.74) is 1.73. The van der Waals surface area contributed by atoms with Gasteiger partial charge < -0.3 is 10.4 Å². The molecule has 1 aromatic rings. The van der Waals surface area contributed by atoms with Gasteiger partial charge in [-0.1, -0.05) is 12.1 Å². The number of piperidine rings is 1. The summed E-state index contributed by atoms with van der Waals surface area (Å²) in [5.74, 6) is 0. The third-order valence-electron chi connectivity index (χ3n) is 3.47. The Hall–Kier alpha value is -1.27. The molecule has 0 saturated carbocycles. The van der Waals surface area contributed by atoms with Gasteiger partial charge in [0.25, 0.3) is 0 Å². The number of benzene rings is 1. The first kappa shape index (κ1) is 15.1. The van der Waals surface area contributed by atoms with Crippen LogP contribution in [0.5, 0.6) is 0 Å². The molecule has 0 amide bonds. The van der Waals surface area contributed by atoms with Crippen molar-refractivity contribution in [3.8, 4) is 0 Å². The van der Waals surface area contributed by atoms with Crippen molar-refractivity contribution in [2.24, 2.45) is 0 Å². The minimum atomic E-state index is -4.12. The maximum Gasteiger partial charge on any atom is 0.401 e.